The molecule has 4 nitrogen and oxygen atoms in total. The second kappa shape index (κ2) is 7.09. The van der Waals surface area contributed by atoms with E-state index in [0.29, 0.717) is 16.1 Å². The molecular formula is C15H15ClFNO3S. The number of rotatable bonds is 6. The number of hydrogen-bond acceptors (Lipinski definition) is 3. The van der Waals surface area contributed by atoms with Gasteiger partial charge in [0.1, 0.15) is 0 Å². The molecule has 2 aromatic carbocycles. The number of benzene rings is 2. The molecule has 0 bridgehead atoms. The molecule has 22 heavy (non-hydrogen) atoms. The Hall–Kier alpha value is -1.63. The summed E-state index contributed by atoms with van der Waals surface area (Å²) in [5.41, 5.74) is 1.13. The molecule has 118 valence electrons. The van der Waals surface area contributed by atoms with Gasteiger partial charge in [-0.1, -0.05) is 29.8 Å². The Morgan fingerprint density at radius 2 is 1.77 bits per heavy atom. The minimum atomic E-state index is -3.52. The number of methoxy groups -OCH3 is 1. The molecule has 0 aliphatic carbocycles. The van der Waals surface area contributed by atoms with E-state index in [0.717, 1.165) is 0 Å². The second-order valence-corrected chi connectivity index (χ2v) is 6.92. The normalized spacial score (nSPS) is 11.4. The lowest BCUT2D eigenvalue weighted by Crippen LogP contribution is -2.24. The maximum absolute atomic E-state index is 13.5. The van der Waals surface area contributed by atoms with E-state index in [9.17, 15) is 12.8 Å². The Balaban J connectivity index is 2.00. The summed E-state index contributed by atoms with van der Waals surface area (Å²) >= 11 is 5.75. The number of halogens is 2. The van der Waals surface area contributed by atoms with Gasteiger partial charge in [0.05, 0.1) is 12.9 Å². The quantitative estimate of drug-likeness (QED) is 0.876. The molecule has 0 heterocycles. The van der Waals surface area contributed by atoms with Crippen LogP contribution in [0.1, 0.15) is 11.1 Å². The Morgan fingerprint density at radius 3 is 2.36 bits per heavy atom. The van der Waals surface area contributed by atoms with Crippen molar-refractivity contribution in [1.29, 1.82) is 0 Å². The first-order valence-electron chi connectivity index (χ1n) is 6.44. The fourth-order valence-corrected chi connectivity index (χ4v) is 3.11. The molecule has 0 aliphatic heterocycles. The van der Waals surface area contributed by atoms with E-state index in [-0.39, 0.29) is 18.0 Å². The zero-order valence-electron chi connectivity index (χ0n) is 11.8. The summed E-state index contributed by atoms with van der Waals surface area (Å²) in [6.07, 6.45) is 0. The van der Waals surface area contributed by atoms with Crippen molar-refractivity contribution >= 4 is 21.6 Å². The van der Waals surface area contributed by atoms with E-state index in [1.54, 1.807) is 30.3 Å². The molecule has 0 radical (unpaired) electrons. The summed E-state index contributed by atoms with van der Waals surface area (Å²) in [5, 5.41) is 0.544. The van der Waals surface area contributed by atoms with Crippen LogP contribution in [0.5, 0.6) is 5.75 Å². The summed E-state index contributed by atoms with van der Waals surface area (Å²) in [6, 6.07) is 10.9. The van der Waals surface area contributed by atoms with E-state index in [2.05, 4.69) is 4.72 Å². The van der Waals surface area contributed by atoms with Crippen LogP contribution >= 0.6 is 11.6 Å². The van der Waals surface area contributed by atoms with Crippen molar-refractivity contribution in [2.75, 3.05) is 7.11 Å². The first-order chi connectivity index (χ1) is 10.4. The maximum Gasteiger partial charge on any atom is 0.216 e. The van der Waals surface area contributed by atoms with Crippen molar-refractivity contribution in [2.24, 2.45) is 0 Å². The first-order valence-corrected chi connectivity index (χ1v) is 8.47. The lowest BCUT2D eigenvalue weighted by atomic mass is 10.2. The largest absolute Gasteiger partial charge is 0.494 e. The number of sulfonamides is 1. The van der Waals surface area contributed by atoms with E-state index in [4.69, 9.17) is 16.3 Å². The predicted molar refractivity (Wildman–Crippen MR) is 83.9 cm³/mol. The molecule has 7 heteroatoms. The third-order valence-corrected chi connectivity index (χ3v) is 4.53. The standard InChI is InChI=1S/C15H15ClFNO3S/c1-21-15-7-4-12(8-14(15)17)9-18-22(19,20)10-11-2-5-13(16)6-3-11/h2-8,18H,9-10H2,1H3. The van der Waals surface area contributed by atoms with Crippen molar-refractivity contribution in [3.8, 4) is 5.75 Å². The lowest BCUT2D eigenvalue weighted by molar-refractivity contribution is 0.386. The number of nitrogens with one attached hydrogen (secondary N) is 1. The zero-order chi connectivity index (χ0) is 16.2. The fourth-order valence-electron chi connectivity index (χ4n) is 1.86. The highest BCUT2D eigenvalue weighted by Gasteiger charge is 2.12. The highest BCUT2D eigenvalue weighted by atomic mass is 35.5. The molecule has 0 saturated carbocycles. The van der Waals surface area contributed by atoms with Crippen molar-refractivity contribution in [2.45, 2.75) is 12.3 Å². The van der Waals surface area contributed by atoms with Gasteiger partial charge >= 0.3 is 0 Å². The van der Waals surface area contributed by atoms with Gasteiger partial charge in [0.2, 0.25) is 10.0 Å². The molecular weight excluding hydrogens is 329 g/mol. The Kier molecular flexibility index (Phi) is 5.39. The number of ether oxygens (including phenoxy) is 1. The van der Waals surface area contributed by atoms with Crippen molar-refractivity contribution in [3.63, 3.8) is 0 Å². The van der Waals surface area contributed by atoms with E-state index in [1.807, 2.05) is 0 Å². The van der Waals surface area contributed by atoms with Crippen molar-refractivity contribution in [1.82, 2.24) is 4.72 Å². The summed E-state index contributed by atoms with van der Waals surface area (Å²) in [5.74, 6) is -0.576. The SMILES string of the molecule is COc1ccc(CNS(=O)(=O)Cc2ccc(Cl)cc2)cc1F. The first kappa shape index (κ1) is 16.7. The van der Waals surface area contributed by atoms with E-state index < -0.39 is 15.8 Å². The highest BCUT2D eigenvalue weighted by Crippen LogP contribution is 2.18. The molecule has 0 amide bonds. The van der Waals surface area contributed by atoms with Gasteiger partial charge in [0.15, 0.2) is 11.6 Å². The van der Waals surface area contributed by atoms with Crippen LogP contribution in [0.15, 0.2) is 42.5 Å². The van der Waals surface area contributed by atoms with Crippen LogP contribution in [-0.4, -0.2) is 15.5 Å². The fraction of sp³-hybridized carbons (Fsp3) is 0.200. The number of hydrogen-bond donors (Lipinski definition) is 1. The van der Waals surface area contributed by atoms with Gasteiger partial charge < -0.3 is 4.74 Å². The monoisotopic (exact) mass is 343 g/mol. The molecule has 2 aromatic rings. The molecule has 0 aliphatic rings. The van der Waals surface area contributed by atoms with Crippen LogP contribution < -0.4 is 9.46 Å². The topological polar surface area (TPSA) is 55.4 Å². The highest BCUT2D eigenvalue weighted by molar-refractivity contribution is 7.88. The molecule has 0 unspecified atom stereocenters. The summed E-state index contributed by atoms with van der Waals surface area (Å²) < 4.78 is 44.8. The molecule has 0 fully saturated rings. The van der Waals surface area contributed by atoms with Crippen LogP contribution in [0.4, 0.5) is 4.39 Å². The smallest absolute Gasteiger partial charge is 0.216 e. The van der Waals surface area contributed by atoms with Crippen LogP contribution in [0, 0.1) is 5.82 Å². The predicted octanol–water partition coefficient (Wildman–Crippen LogP) is 3.11. The lowest BCUT2D eigenvalue weighted by Gasteiger charge is -2.08. The molecule has 0 aromatic heterocycles. The van der Waals surface area contributed by atoms with Gasteiger partial charge in [-0.15, -0.1) is 0 Å². The van der Waals surface area contributed by atoms with Gasteiger partial charge in [-0.05, 0) is 35.4 Å². The van der Waals surface area contributed by atoms with Gasteiger partial charge in [-0.25, -0.2) is 17.5 Å². The molecule has 0 atom stereocenters. The molecule has 0 saturated heterocycles. The molecule has 0 spiro atoms. The Bertz CT molecular complexity index is 748. The van der Waals surface area contributed by atoms with Gasteiger partial charge in [-0.2, -0.15) is 0 Å². The van der Waals surface area contributed by atoms with Gasteiger partial charge in [0, 0.05) is 11.6 Å². The third kappa shape index (κ3) is 4.69. The second-order valence-electron chi connectivity index (χ2n) is 4.68. The molecule has 1 N–H and O–H groups in total. The maximum atomic E-state index is 13.5. The van der Waals surface area contributed by atoms with Gasteiger partial charge in [-0.3, -0.25) is 0 Å². The zero-order valence-corrected chi connectivity index (χ0v) is 13.4. The third-order valence-electron chi connectivity index (χ3n) is 2.98. The van der Waals surface area contributed by atoms with Crippen LogP contribution in [0.2, 0.25) is 5.02 Å². The Labute approximate surface area is 133 Å². The molecule has 2 rings (SSSR count). The Morgan fingerprint density at radius 1 is 1.14 bits per heavy atom. The summed E-state index contributed by atoms with van der Waals surface area (Å²) in [4.78, 5) is 0. The summed E-state index contributed by atoms with van der Waals surface area (Å²) in [7, 11) is -2.15. The minimum absolute atomic E-state index is 0.0108. The van der Waals surface area contributed by atoms with Crippen molar-refractivity contribution < 1.29 is 17.5 Å². The minimum Gasteiger partial charge on any atom is -0.494 e. The van der Waals surface area contributed by atoms with Crippen LogP contribution in [-0.2, 0) is 22.3 Å². The average molecular weight is 344 g/mol. The van der Waals surface area contributed by atoms with Crippen LogP contribution in [0.25, 0.3) is 0 Å². The van der Waals surface area contributed by atoms with Crippen LogP contribution in [0.3, 0.4) is 0 Å². The van der Waals surface area contributed by atoms with Gasteiger partial charge in [0.25, 0.3) is 0 Å². The van der Waals surface area contributed by atoms with E-state index >= 15 is 0 Å². The average Bonchev–Trinajstić information content (AvgIpc) is 2.48. The van der Waals surface area contributed by atoms with Crippen molar-refractivity contribution in [3.05, 3.63) is 64.4 Å². The van der Waals surface area contributed by atoms with E-state index in [1.165, 1.54) is 19.2 Å². The summed E-state index contributed by atoms with van der Waals surface area (Å²) in [6.45, 7) is 0.0108.